The summed E-state index contributed by atoms with van der Waals surface area (Å²) in [5, 5.41) is 0. The van der Waals surface area contributed by atoms with E-state index >= 15 is 0 Å². The van der Waals surface area contributed by atoms with E-state index in [0.29, 0.717) is 5.56 Å². The van der Waals surface area contributed by atoms with Crippen LogP contribution in [-0.4, -0.2) is 36.1 Å². The number of rotatable bonds is 3. The van der Waals surface area contributed by atoms with Crippen molar-refractivity contribution in [2.24, 2.45) is 0 Å². The quantitative estimate of drug-likeness (QED) is 0.812. The normalized spacial score (nSPS) is 14.1. The molecule has 0 bridgehead atoms. The first-order valence-electron chi connectivity index (χ1n) is 8.30. The van der Waals surface area contributed by atoms with Crippen LogP contribution < -0.4 is 0 Å². The lowest BCUT2D eigenvalue weighted by atomic mass is 9.89. The number of ketones is 2. The second-order valence-electron chi connectivity index (χ2n) is 7.14. The van der Waals surface area contributed by atoms with Crippen LogP contribution in [0.15, 0.2) is 42.5 Å². The van der Waals surface area contributed by atoms with Gasteiger partial charge in [0.15, 0.2) is 11.6 Å². The minimum atomic E-state index is -0.577. The Morgan fingerprint density at radius 1 is 0.958 bits per heavy atom. The van der Waals surface area contributed by atoms with Gasteiger partial charge in [-0.2, -0.15) is 0 Å². The molecular formula is C21H23NO2. The summed E-state index contributed by atoms with van der Waals surface area (Å²) in [6.07, 6.45) is 1.60. The number of carbonyl (C=O) groups excluding carboxylic acids is 2. The molecule has 0 saturated heterocycles. The molecule has 0 aliphatic heterocycles. The summed E-state index contributed by atoms with van der Waals surface area (Å²) in [6, 6.07) is 13.3. The highest BCUT2D eigenvalue weighted by Gasteiger charge is 2.31. The van der Waals surface area contributed by atoms with Crippen LogP contribution in [0.5, 0.6) is 0 Å². The molecule has 1 aliphatic rings. The highest BCUT2D eigenvalue weighted by Crippen LogP contribution is 2.27. The third kappa shape index (κ3) is 2.69. The van der Waals surface area contributed by atoms with E-state index in [4.69, 9.17) is 0 Å². The summed E-state index contributed by atoms with van der Waals surface area (Å²) in [4.78, 5) is 27.6. The molecule has 0 heterocycles. The molecule has 24 heavy (non-hydrogen) atoms. The molecule has 2 aromatic carbocycles. The van der Waals surface area contributed by atoms with Gasteiger partial charge < -0.3 is 0 Å². The van der Waals surface area contributed by atoms with Crippen LogP contribution in [0.1, 0.15) is 51.3 Å². The average molecular weight is 321 g/mol. The lowest BCUT2D eigenvalue weighted by Crippen LogP contribution is -2.45. The summed E-state index contributed by atoms with van der Waals surface area (Å²) < 4.78 is 0. The Kier molecular flexibility index (Phi) is 4.14. The Bertz CT molecular complexity index is 818. The molecule has 0 aromatic heterocycles. The van der Waals surface area contributed by atoms with E-state index in [1.807, 2.05) is 69.2 Å². The zero-order valence-corrected chi connectivity index (χ0v) is 14.7. The predicted molar refractivity (Wildman–Crippen MR) is 95.8 cm³/mol. The zero-order chi connectivity index (χ0) is 17.5. The maximum atomic E-state index is 12.9. The van der Waals surface area contributed by atoms with Crippen molar-refractivity contribution in [3.05, 3.63) is 70.3 Å². The van der Waals surface area contributed by atoms with Crippen molar-refractivity contribution in [3.63, 3.8) is 0 Å². The van der Waals surface area contributed by atoms with Gasteiger partial charge in [-0.3, -0.25) is 14.5 Å². The van der Waals surface area contributed by atoms with Gasteiger partial charge in [-0.15, -0.1) is 0 Å². The first-order chi connectivity index (χ1) is 11.3. The predicted octanol–water partition coefficient (Wildman–Crippen LogP) is 3.54. The van der Waals surface area contributed by atoms with Gasteiger partial charge in [-0.05, 0) is 58.0 Å². The van der Waals surface area contributed by atoms with Crippen molar-refractivity contribution in [2.45, 2.75) is 32.2 Å². The molecule has 3 rings (SSSR count). The molecule has 1 aliphatic carbocycles. The molecule has 0 unspecified atom stereocenters. The summed E-state index contributed by atoms with van der Waals surface area (Å²) in [7, 11) is 3.81. The minimum absolute atomic E-state index is 0.0592. The third-order valence-electron chi connectivity index (χ3n) is 5.21. The maximum absolute atomic E-state index is 12.9. The second kappa shape index (κ2) is 5.99. The summed E-state index contributed by atoms with van der Waals surface area (Å²) in [5.41, 5.74) is 3.65. The fourth-order valence-electron chi connectivity index (χ4n) is 3.09. The second-order valence-corrected chi connectivity index (χ2v) is 7.14. The van der Waals surface area contributed by atoms with Crippen LogP contribution in [0.4, 0.5) is 0 Å². The van der Waals surface area contributed by atoms with Crippen molar-refractivity contribution in [2.75, 3.05) is 14.1 Å². The molecule has 3 heteroatoms. The fourth-order valence-corrected chi connectivity index (χ4v) is 3.09. The third-order valence-corrected chi connectivity index (χ3v) is 5.21. The fraction of sp³-hybridized carbons (Fsp3) is 0.333. The standard InChI is InChI=1S/C21H23NO2/c1-21(2,22(3)4)20(24)16-11-12-18-15(13-16)10-9-14-7-5-6-8-17(14)19(18)23/h5-8,11-13H,9-10H2,1-4H3. The van der Waals surface area contributed by atoms with Crippen LogP contribution >= 0.6 is 0 Å². The zero-order valence-electron chi connectivity index (χ0n) is 14.7. The molecule has 3 nitrogen and oxygen atoms in total. The molecule has 124 valence electrons. The van der Waals surface area contributed by atoms with Crippen molar-refractivity contribution in [1.82, 2.24) is 4.90 Å². The molecule has 0 N–H and O–H groups in total. The van der Waals surface area contributed by atoms with Crippen LogP contribution in [0.3, 0.4) is 0 Å². The van der Waals surface area contributed by atoms with Crippen molar-refractivity contribution >= 4 is 11.6 Å². The van der Waals surface area contributed by atoms with E-state index in [1.54, 1.807) is 6.07 Å². The number of aryl methyl sites for hydroxylation is 2. The van der Waals surface area contributed by atoms with Gasteiger partial charge in [0.1, 0.15) is 0 Å². The van der Waals surface area contributed by atoms with Crippen molar-refractivity contribution in [1.29, 1.82) is 0 Å². The number of fused-ring (bicyclic) bond motifs is 2. The van der Waals surface area contributed by atoms with Crippen molar-refractivity contribution in [3.8, 4) is 0 Å². The van der Waals surface area contributed by atoms with Crippen LogP contribution in [0.2, 0.25) is 0 Å². The minimum Gasteiger partial charge on any atom is -0.297 e. The average Bonchev–Trinajstić information content (AvgIpc) is 2.71. The van der Waals surface area contributed by atoms with Crippen LogP contribution in [-0.2, 0) is 12.8 Å². The summed E-state index contributed by atoms with van der Waals surface area (Å²) in [6.45, 7) is 3.84. The number of Topliss-reactive ketones (excluding diaryl/α,β-unsaturated/α-hetero) is 1. The van der Waals surface area contributed by atoms with Crippen molar-refractivity contribution < 1.29 is 9.59 Å². The monoisotopic (exact) mass is 321 g/mol. The SMILES string of the molecule is CN(C)C(C)(C)C(=O)c1ccc2c(c1)CCc1ccccc1C2=O. The van der Waals surface area contributed by atoms with E-state index in [-0.39, 0.29) is 11.6 Å². The van der Waals surface area contributed by atoms with Gasteiger partial charge in [0.05, 0.1) is 5.54 Å². The number of hydrogen-bond acceptors (Lipinski definition) is 3. The number of carbonyl (C=O) groups is 2. The number of likely N-dealkylation sites (N-methyl/N-ethyl adjacent to an activating group) is 1. The largest absolute Gasteiger partial charge is 0.297 e. The summed E-state index contributed by atoms with van der Waals surface area (Å²) in [5.74, 6) is 0.133. The van der Waals surface area contributed by atoms with E-state index in [0.717, 1.165) is 35.1 Å². The van der Waals surface area contributed by atoms with Crippen LogP contribution in [0.25, 0.3) is 0 Å². The van der Waals surface area contributed by atoms with Crippen LogP contribution in [0, 0.1) is 0 Å². The van der Waals surface area contributed by atoms with E-state index in [1.165, 1.54) is 0 Å². The Hall–Kier alpha value is -2.26. The Morgan fingerprint density at radius 2 is 1.58 bits per heavy atom. The van der Waals surface area contributed by atoms with Gasteiger partial charge in [0, 0.05) is 16.7 Å². The number of nitrogens with zero attached hydrogens (tertiary/aromatic N) is 1. The maximum Gasteiger partial charge on any atom is 0.193 e. The lowest BCUT2D eigenvalue weighted by Gasteiger charge is -2.31. The smallest absolute Gasteiger partial charge is 0.193 e. The Labute approximate surface area is 143 Å². The highest BCUT2D eigenvalue weighted by molar-refractivity contribution is 6.12. The van der Waals surface area contributed by atoms with Gasteiger partial charge >= 0.3 is 0 Å². The molecule has 0 saturated carbocycles. The van der Waals surface area contributed by atoms with E-state index in [9.17, 15) is 9.59 Å². The van der Waals surface area contributed by atoms with Gasteiger partial charge in [-0.1, -0.05) is 36.4 Å². The first-order valence-corrected chi connectivity index (χ1v) is 8.30. The Morgan fingerprint density at radius 3 is 2.29 bits per heavy atom. The summed E-state index contributed by atoms with van der Waals surface area (Å²) >= 11 is 0. The molecule has 0 atom stereocenters. The van der Waals surface area contributed by atoms with Gasteiger partial charge in [0.25, 0.3) is 0 Å². The number of hydrogen-bond donors (Lipinski definition) is 0. The van der Waals surface area contributed by atoms with E-state index < -0.39 is 5.54 Å². The highest BCUT2D eigenvalue weighted by atomic mass is 16.1. The molecule has 2 aromatic rings. The van der Waals surface area contributed by atoms with Gasteiger partial charge in [-0.25, -0.2) is 0 Å². The topological polar surface area (TPSA) is 37.4 Å². The molecule has 0 amide bonds. The molecular weight excluding hydrogens is 298 g/mol. The Balaban J connectivity index is 2.02. The molecule has 0 fully saturated rings. The molecule has 0 radical (unpaired) electrons. The lowest BCUT2D eigenvalue weighted by molar-refractivity contribution is 0.0755. The molecule has 0 spiro atoms. The first kappa shape index (κ1) is 16.6. The van der Waals surface area contributed by atoms with E-state index in [2.05, 4.69) is 0 Å². The number of benzene rings is 2. The van der Waals surface area contributed by atoms with Gasteiger partial charge in [0.2, 0.25) is 0 Å².